The summed E-state index contributed by atoms with van der Waals surface area (Å²) in [6.45, 7) is 1.65. The maximum atomic E-state index is 13.2. The summed E-state index contributed by atoms with van der Waals surface area (Å²) in [5.74, 6) is 0.512. The lowest BCUT2D eigenvalue weighted by Gasteiger charge is -2.11. The van der Waals surface area contributed by atoms with Gasteiger partial charge in [0.1, 0.15) is 17.3 Å². The van der Waals surface area contributed by atoms with Gasteiger partial charge in [-0.05, 0) is 48.9 Å². The molecule has 0 bridgehead atoms. The zero-order valence-corrected chi connectivity index (χ0v) is 12.2. The number of benzene rings is 2. The molecule has 0 radical (unpaired) electrons. The zero-order valence-electron chi connectivity index (χ0n) is 10.6. The second-order valence-electron chi connectivity index (χ2n) is 4.14. The summed E-state index contributed by atoms with van der Waals surface area (Å²) in [7, 11) is 0. The van der Waals surface area contributed by atoms with E-state index in [0.29, 0.717) is 22.6 Å². The average molecular weight is 339 g/mol. The Hall–Kier alpha value is -2.08. The minimum absolute atomic E-state index is 0.0693. The van der Waals surface area contributed by atoms with E-state index in [9.17, 15) is 4.39 Å². The largest absolute Gasteiger partial charge is 0.457 e. The normalized spacial score (nSPS) is 11.4. The van der Waals surface area contributed by atoms with Crippen LogP contribution < -0.4 is 10.5 Å². The summed E-state index contributed by atoms with van der Waals surface area (Å²) in [4.78, 5) is 0. The Morgan fingerprint density at radius 3 is 2.70 bits per heavy atom. The van der Waals surface area contributed by atoms with E-state index in [4.69, 9.17) is 15.7 Å². The lowest BCUT2D eigenvalue weighted by Crippen LogP contribution is -2.14. The van der Waals surface area contributed by atoms with Gasteiger partial charge in [-0.3, -0.25) is 0 Å². The quantitative estimate of drug-likeness (QED) is 0.387. The van der Waals surface area contributed by atoms with Crippen LogP contribution in [-0.4, -0.2) is 11.0 Å². The van der Waals surface area contributed by atoms with Crippen molar-refractivity contribution in [3.8, 4) is 11.5 Å². The van der Waals surface area contributed by atoms with Crippen molar-refractivity contribution in [2.45, 2.75) is 6.92 Å². The second kappa shape index (κ2) is 5.92. The molecule has 2 rings (SSSR count). The van der Waals surface area contributed by atoms with Crippen LogP contribution in [0.3, 0.4) is 0 Å². The average Bonchev–Trinajstić information content (AvgIpc) is 2.44. The van der Waals surface area contributed by atoms with Gasteiger partial charge in [0, 0.05) is 4.47 Å². The van der Waals surface area contributed by atoms with Gasteiger partial charge in [-0.2, -0.15) is 0 Å². The van der Waals surface area contributed by atoms with Gasteiger partial charge in [0.2, 0.25) is 0 Å². The van der Waals surface area contributed by atoms with E-state index in [1.54, 1.807) is 31.2 Å². The van der Waals surface area contributed by atoms with Crippen molar-refractivity contribution in [2.75, 3.05) is 0 Å². The number of amidine groups is 1. The molecule has 0 aromatic heterocycles. The first-order valence-corrected chi connectivity index (χ1v) is 6.52. The Labute approximate surface area is 123 Å². The van der Waals surface area contributed by atoms with Crippen LogP contribution in [0.5, 0.6) is 11.5 Å². The maximum Gasteiger partial charge on any atom is 0.173 e. The molecule has 20 heavy (non-hydrogen) atoms. The predicted molar refractivity (Wildman–Crippen MR) is 77.9 cm³/mol. The monoisotopic (exact) mass is 338 g/mol. The number of nitrogens with two attached hydrogens (primary N) is 1. The summed E-state index contributed by atoms with van der Waals surface area (Å²) >= 11 is 3.30. The van der Waals surface area contributed by atoms with Crippen LogP contribution in [0, 0.1) is 12.7 Å². The van der Waals surface area contributed by atoms with Gasteiger partial charge >= 0.3 is 0 Å². The van der Waals surface area contributed by atoms with Gasteiger partial charge in [0.05, 0.1) is 5.56 Å². The summed E-state index contributed by atoms with van der Waals surface area (Å²) in [6.07, 6.45) is 0. The van der Waals surface area contributed by atoms with Gasteiger partial charge in [0.25, 0.3) is 0 Å². The van der Waals surface area contributed by atoms with Crippen molar-refractivity contribution in [3.63, 3.8) is 0 Å². The standard InChI is InChI=1S/C14H12BrFN2O2/c1-8-6-10(3-4-12(8)16)20-13-5-2-9(15)7-11(13)14(17)18-19/h2-7,19H,1H3,(H2,17,18). The van der Waals surface area contributed by atoms with Crippen LogP contribution in [0.4, 0.5) is 4.39 Å². The fourth-order valence-electron chi connectivity index (χ4n) is 1.65. The van der Waals surface area contributed by atoms with Crippen LogP contribution in [-0.2, 0) is 0 Å². The van der Waals surface area contributed by atoms with E-state index >= 15 is 0 Å². The van der Waals surface area contributed by atoms with Gasteiger partial charge in [-0.15, -0.1) is 0 Å². The number of oxime groups is 1. The fourth-order valence-corrected chi connectivity index (χ4v) is 2.01. The molecule has 3 N–H and O–H groups in total. The minimum atomic E-state index is -0.301. The molecular weight excluding hydrogens is 327 g/mol. The second-order valence-corrected chi connectivity index (χ2v) is 5.05. The van der Waals surface area contributed by atoms with Crippen LogP contribution in [0.25, 0.3) is 0 Å². The van der Waals surface area contributed by atoms with Gasteiger partial charge in [-0.25, -0.2) is 4.39 Å². The number of ether oxygens (including phenoxy) is 1. The van der Waals surface area contributed by atoms with Gasteiger partial charge in [-0.1, -0.05) is 21.1 Å². The van der Waals surface area contributed by atoms with E-state index < -0.39 is 0 Å². The molecule has 0 aliphatic rings. The molecule has 104 valence electrons. The van der Waals surface area contributed by atoms with Crippen molar-refractivity contribution in [1.82, 2.24) is 0 Å². The Bertz CT molecular complexity index is 674. The van der Waals surface area contributed by atoms with Crippen LogP contribution in [0.1, 0.15) is 11.1 Å². The molecule has 0 atom stereocenters. The van der Waals surface area contributed by atoms with Gasteiger partial charge in [0.15, 0.2) is 5.84 Å². The van der Waals surface area contributed by atoms with Crippen molar-refractivity contribution in [2.24, 2.45) is 10.9 Å². The first-order chi connectivity index (χ1) is 9.51. The molecule has 6 heteroatoms. The molecule has 0 saturated heterocycles. The highest BCUT2D eigenvalue weighted by molar-refractivity contribution is 9.10. The first-order valence-electron chi connectivity index (χ1n) is 5.72. The third kappa shape index (κ3) is 3.08. The lowest BCUT2D eigenvalue weighted by molar-refractivity contribution is 0.318. The minimum Gasteiger partial charge on any atom is -0.457 e. The van der Waals surface area contributed by atoms with E-state index in [-0.39, 0.29) is 11.7 Å². The van der Waals surface area contributed by atoms with Crippen LogP contribution in [0.15, 0.2) is 46.0 Å². The van der Waals surface area contributed by atoms with Crippen molar-refractivity contribution >= 4 is 21.8 Å². The first kappa shape index (κ1) is 14.3. The number of aryl methyl sites for hydroxylation is 1. The number of hydrogen-bond acceptors (Lipinski definition) is 3. The van der Waals surface area contributed by atoms with Gasteiger partial charge < -0.3 is 15.7 Å². The molecule has 0 heterocycles. The Balaban J connectivity index is 2.40. The van der Waals surface area contributed by atoms with E-state index in [2.05, 4.69) is 21.1 Å². The Kier molecular flexibility index (Phi) is 4.24. The molecule has 0 spiro atoms. The third-order valence-electron chi connectivity index (χ3n) is 2.68. The SMILES string of the molecule is Cc1cc(Oc2ccc(Br)cc2/C(N)=N/O)ccc1F. The van der Waals surface area contributed by atoms with Crippen LogP contribution in [0.2, 0.25) is 0 Å². The molecule has 2 aromatic rings. The highest BCUT2D eigenvalue weighted by atomic mass is 79.9. The zero-order chi connectivity index (χ0) is 14.7. The molecule has 0 unspecified atom stereocenters. The van der Waals surface area contributed by atoms with E-state index in [1.807, 2.05) is 0 Å². The number of halogens is 2. The smallest absolute Gasteiger partial charge is 0.173 e. The summed E-state index contributed by atoms with van der Waals surface area (Å²) < 4.78 is 19.6. The summed E-state index contributed by atoms with van der Waals surface area (Å²) in [5, 5.41) is 11.8. The predicted octanol–water partition coefficient (Wildman–Crippen LogP) is 3.78. The van der Waals surface area contributed by atoms with Crippen LogP contribution >= 0.6 is 15.9 Å². The molecule has 0 saturated carbocycles. The molecular formula is C14H12BrFN2O2. The Morgan fingerprint density at radius 2 is 2.05 bits per heavy atom. The highest BCUT2D eigenvalue weighted by Crippen LogP contribution is 2.29. The molecule has 0 aliphatic carbocycles. The maximum absolute atomic E-state index is 13.2. The third-order valence-corrected chi connectivity index (χ3v) is 3.18. The van der Waals surface area contributed by atoms with Crippen molar-refractivity contribution < 1.29 is 14.3 Å². The number of rotatable bonds is 3. The molecule has 0 fully saturated rings. The summed E-state index contributed by atoms with van der Waals surface area (Å²) in [5.41, 5.74) is 6.52. The molecule has 2 aromatic carbocycles. The number of hydrogen-bond donors (Lipinski definition) is 2. The Morgan fingerprint density at radius 1 is 1.30 bits per heavy atom. The highest BCUT2D eigenvalue weighted by Gasteiger charge is 2.11. The lowest BCUT2D eigenvalue weighted by atomic mass is 10.2. The fraction of sp³-hybridized carbons (Fsp3) is 0.0714. The number of nitrogens with zero attached hydrogens (tertiary/aromatic N) is 1. The van der Waals surface area contributed by atoms with Crippen molar-refractivity contribution in [1.29, 1.82) is 0 Å². The molecule has 0 aliphatic heterocycles. The topological polar surface area (TPSA) is 67.8 Å². The summed E-state index contributed by atoms with van der Waals surface area (Å²) in [6, 6.07) is 9.53. The van der Waals surface area contributed by atoms with Crippen molar-refractivity contribution in [3.05, 3.63) is 57.8 Å². The molecule has 4 nitrogen and oxygen atoms in total. The van der Waals surface area contributed by atoms with E-state index in [0.717, 1.165) is 4.47 Å². The molecule has 0 amide bonds. The van der Waals surface area contributed by atoms with E-state index in [1.165, 1.54) is 12.1 Å².